The highest BCUT2D eigenvalue weighted by atomic mass is 16.2. The highest BCUT2D eigenvalue weighted by Gasteiger charge is 2.17. The fourth-order valence-corrected chi connectivity index (χ4v) is 1.85. The highest BCUT2D eigenvalue weighted by Crippen LogP contribution is 2.01. The van der Waals surface area contributed by atoms with Gasteiger partial charge in [-0.1, -0.05) is 24.3 Å². The Morgan fingerprint density at radius 3 is 2.50 bits per heavy atom. The van der Waals surface area contributed by atoms with Crippen molar-refractivity contribution in [3.05, 3.63) is 48.6 Å². The minimum atomic E-state index is -0.735. The third-order valence-corrected chi connectivity index (χ3v) is 3.03. The van der Waals surface area contributed by atoms with Gasteiger partial charge in [-0.25, -0.2) is 0 Å². The zero-order chi connectivity index (χ0) is 16.4. The zero-order valence-electron chi connectivity index (χ0n) is 12.4. The van der Waals surface area contributed by atoms with Crippen molar-refractivity contribution in [1.82, 2.24) is 10.6 Å². The van der Waals surface area contributed by atoms with E-state index in [0.29, 0.717) is 18.4 Å². The van der Waals surface area contributed by atoms with Crippen molar-refractivity contribution in [3.63, 3.8) is 0 Å². The van der Waals surface area contributed by atoms with Gasteiger partial charge in [0.1, 0.15) is 6.04 Å². The third kappa shape index (κ3) is 6.21. The first-order valence-electron chi connectivity index (χ1n) is 7.07. The van der Waals surface area contributed by atoms with Gasteiger partial charge in [-0.2, -0.15) is 0 Å². The van der Waals surface area contributed by atoms with E-state index < -0.39 is 17.9 Å². The zero-order valence-corrected chi connectivity index (χ0v) is 12.4. The molecule has 0 unspecified atom stereocenters. The molecule has 22 heavy (non-hydrogen) atoms. The van der Waals surface area contributed by atoms with Crippen LogP contribution in [0.25, 0.3) is 0 Å². The lowest BCUT2D eigenvalue weighted by atomic mass is 10.1. The van der Waals surface area contributed by atoms with Crippen LogP contribution in [0.2, 0.25) is 0 Å². The molecule has 0 fully saturated rings. The second kappa shape index (κ2) is 9.33. The molecule has 0 bridgehead atoms. The van der Waals surface area contributed by atoms with E-state index in [0.717, 1.165) is 6.42 Å². The lowest BCUT2D eigenvalue weighted by Crippen LogP contribution is -2.47. The number of benzene rings is 1. The standard InChI is InChI=1S/C16H21N3O3/c1-2-3-5-10-13(15(17)21)19-14(20)11-18-16(22)12-8-6-4-7-9-12/h2,4,6-9,13H,1,3,5,10-11H2,(H2,17,21)(H,18,22)(H,19,20)/t13-/m1/s1. The van der Waals surface area contributed by atoms with Gasteiger partial charge in [-0.05, 0) is 31.4 Å². The van der Waals surface area contributed by atoms with Crippen molar-refractivity contribution in [2.75, 3.05) is 6.54 Å². The average Bonchev–Trinajstić information content (AvgIpc) is 2.52. The van der Waals surface area contributed by atoms with Gasteiger partial charge in [0.25, 0.3) is 5.91 Å². The minimum Gasteiger partial charge on any atom is -0.368 e. The third-order valence-electron chi connectivity index (χ3n) is 3.03. The first-order chi connectivity index (χ1) is 10.5. The number of carbonyl (C=O) groups is 3. The topological polar surface area (TPSA) is 101 Å². The molecule has 1 aromatic carbocycles. The number of nitrogens with one attached hydrogen (secondary N) is 2. The number of hydrogen-bond donors (Lipinski definition) is 3. The second-order valence-corrected chi connectivity index (χ2v) is 4.79. The number of amides is 3. The van der Waals surface area contributed by atoms with Gasteiger partial charge in [-0.15, -0.1) is 6.58 Å². The van der Waals surface area contributed by atoms with Crippen molar-refractivity contribution in [1.29, 1.82) is 0 Å². The molecule has 3 amide bonds. The molecule has 0 aliphatic rings. The van der Waals surface area contributed by atoms with E-state index in [1.54, 1.807) is 36.4 Å². The van der Waals surface area contributed by atoms with E-state index >= 15 is 0 Å². The van der Waals surface area contributed by atoms with Crippen molar-refractivity contribution in [2.45, 2.75) is 25.3 Å². The molecule has 0 saturated carbocycles. The molecule has 6 nitrogen and oxygen atoms in total. The lowest BCUT2D eigenvalue weighted by molar-refractivity contribution is -0.126. The molecular formula is C16H21N3O3. The SMILES string of the molecule is C=CCCC[C@@H](NC(=O)CNC(=O)c1ccccc1)C(N)=O. The van der Waals surface area contributed by atoms with Gasteiger partial charge < -0.3 is 16.4 Å². The Bertz CT molecular complexity index is 529. The Kier molecular flexibility index (Phi) is 7.39. The molecule has 1 atom stereocenters. The van der Waals surface area contributed by atoms with Gasteiger partial charge in [0, 0.05) is 5.56 Å². The number of rotatable bonds is 9. The molecule has 0 heterocycles. The monoisotopic (exact) mass is 303 g/mol. The van der Waals surface area contributed by atoms with Gasteiger partial charge in [-0.3, -0.25) is 14.4 Å². The van der Waals surface area contributed by atoms with E-state index in [1.165, 1.54) is 0 Å². The number of nitrogens with two attached hydrogens (primary N) is 1. The molecule has 118 valence electrons. The van der Waals surface area contributed by atoms with Crippen LogP contribution in [0.4, 0.5) is 0 Å². The van der Waals surface area contributed by atoms with Crippen LogP contribution in [0.5, 0.6) is 0 Å². The van der Waals surface area contributed by atoms with Crippen molar-refractivity contribution in [3.8, 4) is 0 Å². The molecular weight excluding hydrogens is 282 g/mol. The maximum absolute atomic E-state index is 11.8. The summed E-state index contributed by atoms with van der Waals surface area (Å²) >= 11 is 0. The van der Waals surface area contributed by atoms with Gasteiger partial charge in [0.05, 0.1) is 6.54 Å². The number of hydrogen-bond acceptors (Lipinski definition) is 3. The summed E-state index contributed by atoms with van der Waals surface area (Å²) in [5, 5.41) is 5.01. The molecule has 1 aromatic rings. The Hall–Kier alpha value is -2.63. The number of carbonyl (C=O) groups excluding carboxylic acids is 3. The van der Waals surface area contributed by atoms with Crippen LogP contribution in [0, 0.1) is 0 Å². The summed E-state index contributed by atoms with van der Waals surface area (Å²) in [6.07, 6.45) is 3.62. The van der Waals surface area contributed by atoms with E-state index in [2.05, 4.69) is 17.2 Å². The molecule has 0 spiro atoms. The lowest BCUT2D eigenvalue weighted by Gasteiger charge is -2.15. The first kappa shape index (κ1) is 17.4. The Morgan fingerprint density at radius 2 is 1.91 bits per heavy atom. The highest BCUT2D eigenvalue weighted by molar-refractivity contribution is 5.97. The fraction of sp³-hybridized carbons (Fsp3) is 0.312. The second-order valence-electron chi connectivity index (χ2n) is 4.79. The average molecular weight is 303 g/mol. The summed E-state index contributed by atoms with van der Waals surface area (Å²) in [6, 6.07) is 7.82. The fourth-order valence-electron chi connectivity index (χ4n) is 1.85. The quantitative estimate of drug-likeness (QED) is 0.463. The smallest absolute Gasteiger partial charge is 0.251 e. The molecule has 0 aliphatic heterocycles. The summed E-state index contributed by atoms with van der Waals surface area (Å²) in [5.74, 6) is -1.39. The summed E-state index contributed by atoms with van der Waals surface area (Å²) in [5.41, 5.74) is 5.71. The minimum absolute atomic E-state index is 0.209. The number of primary amides is 1. The Balaban J connectivity index is 2.41. The van der Waals surface area contributed by atoms with Crippen LogP contribution in [0.15, 0.2) is 43.0 Å². The molecule has 4 N–H and O–H groups in total. The van der Waals surface area contributed by atoms with Crippen LogP contribution in [0.3, 0.4) is 0 Å². The van der Waals surface area contributed by atoms with Crippen molar-refractivity contribution < 1.29 is 14.4 Å². The number of allylic oxidation sites excluding steroid dienone is 1. The van der Waals surface area contributed by atoms with E-state index in [1.807, 2.05) is 0 Å². The normalized spacial score (nSPS) is 11.3. The summed E-state index contributed by atoms with van der Waals surface area (Å²) in [6.45, 7) is 3.38. The van der Waals surface area contributed by atoms with E-state index in [4.69, 9.17) is 5.73 Å². The molecule has 0 aromatic heterocycles. The molecule has 1 rings (SSSR count). The largest absolute Gasteiger partial charge is 0.368 e. The predicted octanol–water partition coefficient (Wildman–Crippen LogP) is 0.743. The van der Waals surface area contributed by atoms with E-state index in [-0.39, 0.29) is 12.5 Å². The van der Waals surface area contributed by atoms with Gasteiger partial charge in [0.2, 0.25) is 11.8 Å². The van der Waals surface area contributed by atoms with Crippen LogP contribution < -0.4 is 16.4 Å². The maximum atomic E-state index is 11.8. The summed E-state index contributed by atoms with van der Waals surface area (Å²) < 4.78 is 0. The Labute approximate surface area is 129 Å². The molecule has 6 heteroatoms. The first-order valence-corrected chi connectivity index (χ1v) is 7.07. The predicted molar refractivity (Wildman–Crippen MR) is 83.9 cm³/mol. The van der Waals surface area contributed by atoms with Crippen LogP contribution in [0.1, 0.15) is 29.6 Å². The maximum Gasteiger partial charge on any atom is 0.251 e. The van der Waals surface area contributed by atoms with Crippen LogP contribution in [-0.4, -0.2) is 30.3 Å². The van der Waals surface area contributed by atoms with Crippen LogP contribution >= 0.6 is 0 Å². The van der Waals surface area contributed by atoms with Gasteiger partial charge >= 0.3 is 0 Å². The summed E-state index contributed by atoms with van der Waals surface area (Å²) in [4.78, 5) is 34.8. The van der Waals surface area contributed by atoms with Crippen molar-refractivity contribution in [2.24, 2.45) is 5.73 Å². The van der Waals surface area contributed by atoms with E-state index in [9.17, 15) is 14.4 Å². The molecule has 0 radical (unpaired) electrons. The van der Waals surface area contributed by atoms with Crippen molar-refractivity contribution >= 4 is 17.7 Å². The van der Waals surface area contributed by atoms with Gasteiger partial charge in [0.15, 0.2) is 0 Å². The Morgan fingerprint density at radius 1 is 1.23 bits per heavy atom. The summed E-state index contributed by atoms with van der Waals surface area (Å²) in [7, 11) is 0. The number of unbranched alkanes of at least 4 members (excludes halogenated alkanes) is 1. The molecule has 0 aliphatic carbocycles. The molecule has 0 saturated heterocycles. The van der Waals surface area contributed by atoms with Crippen LogP contribution in [-0.2, 0) is 9.59 Å².